The predicted octanol–water partition coefficient (Wildman–Crippen LogP) is 1.44. The number of piperazine rings is 1. The third-order valence-electron chi connectivity index (χ3n) is 4.80. The van der Waals surface area contributed by atoms with Gasteiger partial charge < -0.3 is 14.6 Å². The molecule has 0 bridgehead atoms. The normalized spacial score (nSPS) is 21.0. The van der Waals surface area contributed by atoms with Gasteiger partial charge >= 0.3 is 0 Å². The molecular weight excluding hydrogens is 332 g/mol. The molecule has 2 atom stereocenters. The van der Waals surface area contributed by atoms with Crippen LogP contribution in [0.4, 0.5) is 0 Å². The van der Waals surface area contributed by atoms with Crippen LogP contribution in [0.2, 0.25) is 0 Å². The lowest BCUT2D eigenvalue weighted by molar-refractivity contribution is -0.142. The third-order valence-corrected chi connectivity index (χ3v) is 4.80. The number of hydrogen-bond donors (Lipinski definition) is 1. The van der Waals surface area contributed by atoms with Crippen molar-refractivity contribution in [1.82, 2.24) is 20.1 Å². The average Bonchev–Trinajstić information content (AvgIpc) is 3.15. The lowest BCUT2D eigenvalue weighted by atomic mass is 10.0. The van der Waals surface area contributed by atoms with Crippen LogP contribution in [-0.2, 0) is 11.3 Å². The highest BCUT2D eigenvalue weighted by Crippen LogP contribution is 2.20. The zero-order valence-corrected chi connectivity index (χ0v) is 15.3. The van der Waals surface area contributed by atoms with E-state index in [1.165, 1.54) is 18.2 Å². The zero-order chi connectivity index (χ0) is 18.7. The van der Waals surface area contributed by atoms with Gasteiger partial charge in [0.1, 0.15) is 6.26 Å². The number of oxazole rings is 1. The summed E-state index contributed by atoms with van der Waals surface area (Å²) in [5.41, 5.74) is 2.59. The Morgan fingerprint density at radius 2 is 2.23 bits per heavy atom. The highest BCUT2D eigenvalue weighted by Gasteiger charge is 2.36. The van der Waals surface area contributed by atoms with Crippen molar-refractivity contribution in [2.45, 2.75) is 32.5 Å². The Kier molecular flexibility index (Phi) is 5.37. The molecule has 0 spiro atoms. The first-order valence-electron chi connectivity index (χ1n) is 8.68. The highest BCUT2D eigenvalue weighted by atomic mass is 16.3. The maximum Gasteiger partial charge on any atom is 0.273 e. The molecule has 1 aliphatic rings. The number of carbonyl (C=O) groups excluding carboxylic acids is 2. The van der Waals surface area contributed by atoms with E-state index in [0.29, 0.717) is 19.6 Å². The van der Waals surface area contributed by atoms with E-state index < -0.39 is 0 Å². The van der Waals surface area contributed by atoms with Crippen LogP contribution >= 0.6 is 0 Å². The monoisotopic (exact) mass is 356 g/mol. The van der Waals surface area contributed by atoms with E-state index in [-0.39, 0.29) is 29.6 Å². The molecule has 1 aliphatic heterocycles. The molecule has 2 heterocycles. The minimum absolute atomic E-state index is 0.0177. The van der Waals surface area contributed by atoms with Gasteiger partial charge in [-0.2, -0.15) is 0 Å². The zero-order valence-electron chi connectivity index (χ0n) is 15.3. The quantitative estimate of drug-likeness (QED) is 0.877. The number of carbonyl (C=O) groups is 2. The van der Waals surface area contributed by atoms with Gasteiger partial charge in [0.15, 0.2) is 12.1 Å². The second-order valence-corrected chi connectivity index (χ2v) is 6.79. The molecule has 7 nitrogen and oxygen atoms in total. The molecule has 26 heavy (non-hydrogen) atoms. The Bertz CT molecular complexity index is 775. The van der Waals surface area contributed by atoms with Gasteiger partial charge in [-0.3, -0.25) is 14.5 Å². The molecule has 0 aliphatic carbocycles. The maximum atomic E-state index is 12.4. The van der Waals surface area contributed by atoms with E-state index in [0.717, 1.165) is 5.56 Å². The van der Waals surface area contributed by atoms with Gasteiger partial charge in [0, 0.05) is 32.7 Å². The number of likely N-dealkylation sites (N-methyl/N-ethyl adjacent to an activating group) is 1. The minimum atomic E-state index is -0.276. The smallest absolute Gasteiger partial charge is 0.273 e. The van der Waals surface area contributed by atoms with Gasteiger partial charge in [0.05, 0.1) is 6.04 Å². The first kappa shape index (κ1) is 18.1. The van der Waals surface area contributed by atoms with Crippen LogP contribution in [0, 0.1) is 6.92 Å². The number of aromatic nitrogens is 1. The lowest BCUT2D eigenvalue weighted by Gasteiger charge is -2.43. The van der Waals surface area contributed by atoms with Gasteiger partial charge in [-0.1, -0.05) is 29.8 Å². The van der Waals surface area contributed by atoms with Crippen molar-refractivity contribution < 1.29 is 14.0 Å². The average molecular weight is 356 g/mol. The Labute approximate surface area is 153 Å². The fourth-order valence-corrected chi connectivity index (χ4v) is 3.38. The highest BCUT2D eigenvalue weighted by molar-refractivity contribution is 5.91. The van der Waals surface area contributed by atoms with Crippen LogP contribution in [0.5, 0.6) is 0 Å². The molecule has 1 N–H and O–H groups in total. The van der Waals surface area contributed by atoms with Crippen molar-refractivity contribution in [3.05, 3.63) is 53.7 Å². The summed E-state index contributed by atoms with van der Waals surface area (Å²) in [5, 5.41) is 2.90. The number of amides is 2. The second-order valence-electron chi connectivity index (χ2n) is 6.79. The molecular formula is C19H24N4O3. The summed E-state index contributed by atoms with van der Waals surface area (Å²) in [4.78, 5) is 32.3. The fourth-order valence-electron chi connectivity index (χ4n) is 3.38. The first-order chi connectivity index (χ1) is 12.5. The van der Waals surface area contributed by atoms with E-state index in [1.54, 1.807) is 11.9 Å². The van der Waals surface area contributed by atoms with Crippen LogP contribution in [-0.4, -0.2) is 58.8 Å². The van der Waals surface area contributed by atoms with Crippen LogP contribution in [0.25, 0.3) is 0 Å². The van der Waals surface area contributed by atoms with Crippen LogP contribution < -0.4 is 5.32 Å². The molecule has 1 saturated heterocycles. The van der Waals surface area contributed by atoms with Crippen molar-refractivity contribution in [2.24, 2.45) is 0 Å². The van der Waals surface area contributed by atoms with Crippen LogP contribution in [0.1, 0.15) is 28.5 Å². The van der Waals surface area contributed by atoms with Crippen LogP contribution in [0.15, 0.2) is 41.3 Å². The van der Waals surface area contributed by atoms with Gasteiger partial charge in [-0.25, -0.2) is 4.98 Å². The Morgan fingerprint density at radius 3 is 2.92 bits per heavy atom. The molecule has 0 radical (unpaired) electrons. The maximum absolute atomic E-state index is 12.4. The molecule has 1 fully saturated rings. The number of aryl methyl sites for hydroxylation is 1. The van der Waals surface area contributed by atoms with Crippen molar-refractivity contribution in [3.63, 3.8) is 0 Å². The van der Waals surface area contributed by atoms with E-state index in [1.807, 2.05) is 13.0 Å². The summed E-state index contributed by atoms with van der Waals surface area (Å²) in [7, 11) is 1.80. The Balaban J connectivity index is 1.73. The van der Waals surface area contributed by atoms with Gasteiger partial charge in [-0.15, -0.1) is 0 Å². The molecule has 1 aromatic carbocycles. The molecule has 138 valence electrons. The number of nitrogens with zero attached hydrogens (tertiary/aromatic N) is 3. The summed E-state index contributed by atoms with van der Waals surface area (Å²) in [6, 6.07) is 8.03. The number of hydrogen-bond acceptors (Lipinski definition) is 5. The van der Waals surface area contributed by atoms with Crippen molar-refractivity contribution >= 4 is 11.8 Å². The van der Waals surface area contributed by atoms with E-state index >= 15 is 0 Å². The fraction of sp³-hybridized carbons (Fsp3) is 0.421. The molecule has 1 aromatic heterocycles. The van der Waals surface area contributed by atoms with E-state index in [2.05, 4.69) is 40.3 Å². The molecule has 2 aromatic rings. The Morgan fingerprint density at radius 1 is 1.42 bits per heavy atom. The van der Waals surface area contributed by atoms with Gasteiger partial charge in [0.2, 0.25) is 5.91 Å². The van der Waals surface area contributed by atoms with E-state index in [4.69, 9.17) is 4.42 Å². The first-order valence-corrected chi connectivity index (χ1v) is 8.68. The predicted molar refractivity (Wildman–Crippen MR) is 96.4 cm³/mol. The van der Waals surface area contributed by atoms with Crippen molar-refractivity contribution in [3.8, 4) is 0 Å². The largest absolute Gasteiger partial charge is 0.451 e. The summed E-state index contributed by atoms with van der Waals surface area (Å²) >= 11 is 0. The third kappa shape index (κ3) is 3.94. The topological polar surface area (TPSA) is 78.7 Å². The summed E-state index contributed by atoms with van der Waals surface area (Å²) in [5.74, 6) is -0.182. The summed E-state index contributed by atoms with van der Waals surface area (Å²) in [6.45, 7) is 5.62. The number of benzene rings is 1. The summed E-state index contributed by atoms with van der Waals surface area (Å²) in [6.07, 6.45) is 2.55. The second kappa shape index (κ2) is 7.70. The molecule has 0 saturated carbocycles. The van der Waals surface area contributed by atoms with Gasteiger partial charge in [-0.05, 0) is 19.4 Å². The molecule has 7 heteroatoms. The van der Waals surface area contributed by atoms with Crippen molar-refractivity contribution in [1.29, 1.82) is 0 Å². The van der Waals surface area contributed by atoms with E-state index in [9.17, 15) is 9.59 Å². The lowest BCUT2D eigenvalue weighted by Crippen LogP contribution is -2.62. The van der Waals surface area contributed by atoms with Crippen LogP contribution in [0.3, 0.4) is 0 Å². The standard InChI is InChI=1S/C19H24N4O3/c1-13-5-4-6-15(7-13)9-23-14(2)19(25)22(3)10-16(23)8-20-18(24)17-11-26-12-21-17/h4-7,11-12,14,16H,8-10H2,1-3H3,(H,20,24)/t14-,16+/m0/s1. The number of nitrogens with one attached hydrogen (secondary N) is 1. The summed E-state index contributed by atoms with van der Waals surface area (Å²) < 4.78 is 4.85. The van der Waals surface area contributed by atoms with Gasteiger partial charge in [0.25, 0.3) is 5.91 Å². The van der Waals surface area contributed by atoms with Crippen molar-refractivity contribution in [2.75, 3.05) is 20.1 Å². The molecule has 3 rings (SSSR count). The minimum Gasteiger partial charge on any atom is -0.451 e. The number of rotatable bonds is 5. The SMILES string of the molecule is Cc1cccc(CN2[C@H](CNC(=O)c3cocn3)CN(C)C(=O)[C@@H]2C)c1. The Hall–Kier alpha value is -2.67. The molecule has 0 unspecified atom stereocenters. The molecule has 2 amide bonds.